The van der Waals surface area contributed by atoms with E-state index in [2.05, 4.69) is 0 Å². The number of ether oxygens (including phenoxy) is 1. The number of carbonyl (C=O) groups is 3. The van der Waals surface area contributed by atoms with E-state index in [1.807, 2.05) is 0 Å². The van der Waals surface area contributed by atoms with Crippen LogP contribution in [0, 0.1) is 0 Å². The molecule has 0 heterocycles. The van der Waals surface area contributed by atoms with Crippen LogP contribution in [0.2, 0.25) is 0 Å². The number of benzene rings is 3. The second-order valence-corrected chi connectivity index (χ2v) is 7.07. The number of anilines is 2. The third-order valence-electron chi connectivity index (χ3n) is 4.64. The molecule has 0 fully saturated rings. The van der Waals surface area contributed by atoms with Crippen LogP contribution in [0.1, 0.15) is 31.8 Å². The maximum atomic E-state index is 12.5. The molecule has 0 aromatic heterocycles. The molecular weight excluding hydrogens is 408 g/mol. The Morgan fingerprint density at radius 2 is 1.47 bits per heavy atom. The number of rotatable bonds is 8. The number of Topliss-reactive ketones (excluding diaryl/α,β-unsaturated/α-hetero) is 1. The van der Waals surface area contributed by atoms with E-state index in [9.17, 15) is 19.5 Å². The molecule has 5 N–H and O–H groups in total. The summed E-state index contributed by atoms with van der Waals surface area (Å²) >= 11 is 0. The van der Waals surface area contributed by atoms with E-state index in [0.29, 0.717) is 28.9 Å². The lowest BCUT2D eigenvalue weighted by Crippen LogP contribution is -2.12. The minimum absolute atomic E-state index is 0.148. The van der Waals surface area contributed by atoms with Gasteiger partial charge in [-0.2, -0.15) is 0 Å². The molecule has 3 aromatic rings. The number of carboxylic acids is 1. The SMILES string of the molecule is Nc1cc(N)cc(C(=O)OCCc2ccc(C=C(C(=O)O)C(=O)c3ccccc3)cc2)c1. The Morgan fingerprint density at radius 1 is 0.844 bits per heavy atom. The van der Waals surface area contributed by atoms with Crippen molar-refractivity contribution >= 4 is 35.2 Å². The minimum atomic E-state index is -1.29. The maximum absolute atomic E-state index is 12.5. The Labute approximate surface area is 184 Å². The van der Waals surface area contributed by atoms with E-state index in [0.717, 1.165) is 5.56 Å². The number of carboxylic acid groups (broad SMARTS) is 1. The summed E-state index contributed by atoms with van der Waals surface area (Å²) in [5.74, 6) is -2.37. The molecule has 0 spiro atoms. The molecule has 0 saturated carbocycles. The minimum Gasteiger partial charge on any atom is -0.478 e. The van der Waals surface area contributed by atoms with Gasteiger partial charge in [-0.15, -0.1) is 0 Å². The lowest BCUT2D eigenvalue weighted by molar-refractivity contribution is -0.132. The van der Waals surface area contributed by atoms with Crippen molar-refractivity contribution in [3.63, 3.8) is 0 Å². The molecule has 0 amide bonds. The lowest BCUT2D eigenvalue weighted by atomic mass is 10.0. The van der Waals surface area contributed by atoms with Gasteiger partial charge in [0.15, 0.2) is 5.78 Å². The zero-order chi connectivity index (χ0) is 23.1. The molecule has 7 nitrogen and oxygen atoms in total. The van der Waals surface area contributed by atoms with E-state index >= 15 is 0 Å². The van der Waals surface area contributed by atoms with Crippen molar-refractivity contribution in [2.24, 2.45) is 0 Å². The molecule has 0 aliphatic heterocycles. The third kappa shape index (κ3) is 5.82. The number of hydrogen-bond acceptors (Lipinski definition) is 6. The van der Waals surface area contributed by atoms with Crippen molar-refractivity contribution in [1.29, 1.82) is 0 Å². The Balaban J connectivity index is 1.63. The fourth-order valence-corrected chi connectivity index (χ4v) is 3.06. The first-order valence-corrected chi connectivity index (χ1v) is 9.80. The predicted octanol–water partition coefficient (Wildman–Crippen LogP) is 3.60. The van der Waals surface area contributed by atoms with Crippen LogP contribution in [-0.4, -0.2) is 29.4 Å². The molecule has 3 rings (SSSR count). The highest BCUT2D eigenvalue weighted by atomic mass is 16.5. The van der Waals surface area contributed by atoms with Crippen molar-refractivity contribution in [2.75, 3.05) is 18.1 Å². The molecule has 3 aromatic carbocycles. The number of ketones is 1. The molecule has 0 aliphatic rings. The Morgan fingerprint density at radius 3 is 2.06 bits per heavy atom. The van der Waals surface area contributed by atoms with Crippen LogP contribution in [0.4, 0.5) is 11.4 Å². The number of carbonyl (C=O) groups excluding carboxylic acids is 2. The molecule has 0 unspecified atom stereocenters. The topological polar surface area (TPSA) is 133 Å². The summed E-state index contributed by atoms with van der Waals surface area (Å²) in [5.41, 5.74) is 13.9. The van der Waals surface area contributed by atoms with Crippen molar-refractivity contribution < 1.29 is 24.2 Å². The standard InChI is InChI=1S/C25H22N2O5/c26-20-13-19(14-21(27)15-20)25(31)32-11-10-16-6-8-17(9-7-16)12-22(24(29)30)23(28)18-4-2-1-3-5-18/h1-9,12-15H,10-11,26-27H2,(H,29,30). The second kappa shape index (κ2) is 10.1. The van der Waals surface area contributed by atoms with Gasteiger partial charge in [-0.1, -0.05) is 54.6 Å². The highest BCUT2D eigenvalue weighted by Crippen LogP contribution is 2.16. The van der Waals surface area contributed by atoms with Gasteiger partial charge in [-0.25, -0.2) is 9.59 Å². The number of aliphatic carboxylic acids is 1. The molecule has 0 radical (unpaired) electrons. The first kappa shape index (κ1) is 22.3. The van der Waals surface area contributed by atoms with Crippen LogP contribution < -0.4 is 11.5 Å². The van der Waals surface area contributed by atoms with Gasteiger partial charge >= 0.3 is 11.9 Å². The number of hydrogen-bond donors (Lipinski definition) is 3. The van der Waals surface area contributed by atoms with Gasteiger partial charge in [0, 0.05) is 23.4 Å². The van der Waals surface area contributed by atoms with Gasteiger partial charge in [0.2, 0.25) is 0 Å². The molecule has 162 valence electrons. The van der Waals surface area contributed by atoms with E-state index in [4.69, 9.17) is 16.2 Å². The zero-order valence-electron chi connectivity index (χ0n) is 17.2. The first-order chi connectivity index (χ1) is 15.3. The smallest absolute Gasteiger partial charge is 0.339 e. The average Bonchev–Trinajstić information content (AvgIpc) is 2.77. The van der Waals surface area contributed by atoms with E-state index < -0.39 is 17.7 Å². The predicted molar refractivity (Wildman–Crippen MR) is 122 cm³/mol. The van der Waals surface area contributed by atoms with Crippen molar-refractivity contribution in [1.82, 2.24) is 0 Å². The summed E-state index contributed by atoms with van der Waals surface area (Å²) in [6, 6.07) is 19.8. The van der Waals surface area contributed by atoms with Gasteiger partial charge in [0.1, 0.15) is 5.57 Å². The number of esters is 1. The van der Waals surface area contributed by atoms with Crippen LogP contribution in [0.5, 0.6) is 0 Å². The summed E-state index contributed by atoms with van der Waals surface area (Å²) in [6.07, 6.45) is 1.80. The molecule has 0 bridgehead atoms. The molecule has 32 heavy (non-hydrogen) atoms. The van der Waals surface area contributed by atoms with Crippen LogP contribution in [-0.2, 0) is 16.0 Å². The van der Waals surface area contributed by atoms with Crippen LogP contribution in [0.3, 0.4) is 0 Å². The molecule has 0 saturated heterocycles. The fourth-order valence-electron chi connectivity index (χ4n) is 3.06. The number of nitrogens with two attached hydrogens (primary N) is 2. The lowest BCUT2D eigenvalue weighted by Gasteiger charge is -2.07. The second-order valence-electron chi connectivity index (χ2n) is 7.07. The van der Waals surface area contributed by atoms with Gasteiger partial charge < -0.3 is 21.3 Å². The maximum Gasteiger partial charge on any atom is 0.339 e. The van der Waals surface area contributed by atoms with Crippen molar-refractivity contribution in [2.45, 2.75) is 6.42 Å². The third-order valence-corrected chi connectivity index (χ3v) is 4.64. The van der Waals surface area contributed by atoms with Crippen molar-refractivity contribution in [3.8, 4) is 0 Å². The average molecular weight is 430 g/mol. The Bertz CT molecular complexity index is 1150. The van der Waals surface area contributed by atoms with Crippen LogP contribution in [0.15, 0.2) is 78.4 Å². The largest absolute Gasteiger partial charge is 0.478 e. The first-order valence-electron chi connectivity index (χ1n) is 9.80. The summed E-state index contributed by atoms with van der Waals surface area (Å²) in [4.78, 5) is 36.2. The normalized spacial score (nSPS) is 11.1. The summed E-state index contributed by atoms with van der Waals surface area (Å²) < 4.78 is 5.26. The number of nitrogen functional groups attached to an aromatic ring is 2. The molecule has 0 aliphatic carbocycles. The zero-order valence-corrected chi connectivity index (χ0v) is 17.2. The van der Waals surface area contributed by atoms with E-state index in [1.54, 1.807) is 60.7 Å². The monoisotopic (exact) mass is 430 g/mol. The highest BCUT2D eigenvalue weighted by molar-refractivity contribution is 6.26. The van der Waals surface area contributed by atoms with Gasteiger partial charge in [0.05, 0.1) is 12.2 Å². The summed E-state index contributed by atoms with van der Waals surface area (Å²) in [6.45, 7) is 0.148. The summed E-state index contributed by atoms with van der Waals surface area (Å²) in [5, 5.41) is 9.46. The van der Waals surface area contributed by atoms with E-state index in [1.165, 1.54) is 18.2 Å². The fraction of sp³-hybridized carbons (Fsp3) is 0.0800. The molecule has 7 heteroatoms. The summed E-state index contributed by atoms with van der Waals surface area (Å²) in [7, 11) is 0. The quantitative estimate of drug-likeness (QED) is 0.124. The van der Waals surface area contributed by atoms with Gasteiger partial charge in [0.25, 0.3) is 0 Å². The van der Waals surface area contributed by atoms with Crippen molar-refractivity contribution in [3.05, 3.63) is 101 Å². The van der Waals surface area contributed by atoms with E-state index in [-0.39, 0.29) is 17.7 Å². The highest BCUT2D eigenvalue weighted by Gasteiger charge is 2.19. The van der Waals surface area contributed by atoms with Crippen LogP contribution in [0.25, 0.3) is 6.08 Å². The van der Waals surface area contributed by atoms with Gasteiger partial charge in [-0.05, 0) is 35.4 Å². The van der Waals surface area contributed by atoms with Crippen LogP contribution >= 0.6 is 0 Å². The van der Waals surface area contributed by atoms with Gasteiger partial charge in [-0.3, -0.25) is 4.79 Å². The molecular formula is C25H22N2O5. The molecule has 0 atom stereocenters. The Kier molecular flexibility index (Phi) is 7.02. The Hall–Kier alpha value is -4.39.